The number of unbranched alkanes of at least 4 members (excludes halogenated alkanes) is 2. The van der Waals surface area contributed by atoms with Crippen LogP contribution in [0.2, 0.25) is 0 Å². The van der Waals surface area contributed by atoms with Gasteiger partial charge in [-0.3, -0.25) is 0 Å². The lowest BCUT2D eigenvalue weighted by molar-refractivity contribution is 0.657. The fourth-order valence-electron chi connectivity index (χ4n) is 2.36. The summed E-state index contributed by atoms with van der Waals surface area (Å²) in [6.45, 7) is 8.95. The van der Waals surface area contributed by atoms with Gasteiger partial charge < -0.3 is 10.6 Å². The molecule has 1 unspecified atom stereocenters. The summed E-state index contributed by atoms with van der Waals surface area (Å²) in [5.74, 6) is 0. The minimum absolute atomic E-state index is 0.155. The summed E-state index contributed by atoms with van der Waals surface area (Å²) in [6, 6.07) is 8.81. The molecule has 0 aliphatic heterocycles. The van der Waals surface area contributed by atoms with Gasteiger partial charge in [-0.25, -0.2) is 0 Å². The SMILES string of the molecule is CCCCN(CCCC)c1ccccc1C(N)CC. The van der Waals surface area contributed by atoms with E-state index in [1.165, 1.54) is 36.9 Å². The smallest absolute Gasteiger partial charge is 0.0414 e. The molecule has 0 aliphatic rings. The average Bonchev–Trinajstić information content (AvgIpc) is 2.47. The van der Waals surface area contributed by atoms with E-state index in [1.807, 2.05) is 0 Å². The van der Waals surface area contributed by atoms with Crippen LogP contribution in [0, 0.1) is 0 Å². The minimum atomic E-state index is 0.155. The van der Waals surface area contributed by atoms with Crippen molar-refractivity contribution in [1.29, 1.82) is 0 Å². The van der Waals surface area contributed by atoms with Crippen molar-refractivity contribution in [2.45, 2.75) is 58.9 Å². The van der Waals surface area contributed by atoms with Crippen LogP contribution in [0.1, 0.15) is 64.5 Å². The van der Waals surface area contributed by atoms with Crippen LogP contribution in [0.25, 0.3) is 0 Å². The third-order valence-corrected chi connectivity index (χ3v) is 3.68. The van der Waals surface area contributed by atoms with E-state index in [-0.39, 0.29) is 6.04 Å². The maximum Gasteiger partial charge on any atom is 0.0414 e. The quantitative estimate of drug-likeness (QED) is 0.710. The average molecular weight is 262 g/mol. The second-order valence-electron chi connectivity index (χ2n) is 5.27. The summed E-state index contributed by atoms with van der Waals surface area (Å²) in [5.41, 5.74) is 8.91. The predicted octanol–water partition coefficient (Wildman–Crippen LogP) is 4.50. The molecule has 1 aromatic rings. The van der Waals surface area contributed by atoms with Gasteiger partial charge in [-0.05, 0) is 30.9 Å². The maximum absolute atomic E-state index is 6.26. The molecule has 0 radical (unpaired) electrons. The van der Waals surface area contributed by atoms with Crippen molar-refractivity contribution >= 4 is 5.69 Å². The van der Waals surface area contributed by atoms with Gasteiger partial charge in [0.1, 0.15) is 0 Å². The molecular formula is C17H30N2. The molecule has 0 aromatic heterocycles. The Kier molecular flexibility index (Phi) is 7.57. The summed E-state index contributed by atoms with van der Waals surface area (Å²) in [4.78, 5) is 2.53. The molecule has 0 saturated heterocycles. The first kappa shape index (κ1) is 16.0. The highest BCUT2D eigenvalue weighted by atomic mass is 15.1. The molecule has 19 heavy (non-hydrogen) atoms. The monoisotopic (exact) mass is 262 g/mol. The zero-order valence-electron chi connectivity index (χ0n) is 12.9. The lowest BCUT2D eigenvalue weighted by Crippen LogP contribution is -2.28. The first-order valence-corrected chi connectivity index (χ1v) is 7.83. The third-order valence-electron chi connectivity index (χ3n) is 3.68. The number of para-hydroxylation sites is 1. The lowest BCUT2D eigenvalue weighted by Gasteiger charge is -2.28. The molecule has 0 bridgehead atoms. The first-order valence-electron chi connectivity index (χ1n) is 7.83. The molecule has 108 valence electrons. The van der Waals surface area contributed by atoms with Crippen LogP contribution in [0.3, 0.4) is 0 Å². The van der Waals surface area contributed by atoms with Crippen molar-refractivity contribution in [3.05, 3.63) is 29.8 Å². The van der Waals surface area contributed by atoms with E-state index in [1.54, 1.807) is 0 Å². The Labute approximate surface area is 119 Å². The predicted molar refractivity (Wildman–Crippen MR) is 85.7 cm³/mol. The Bertz CT molecular complexity index is 341. The highest BCUT2D eigenvalue weighted by Crippen LogP contribution is 2.27. The molecule has 0 fully saturated rings. The number of benzene rings is 1. The fraction of sp³-hybridized carbons (Fsp3) is 0.647. The van der Waals surface area contributed by atoms with Gasteiger partial charge in [-0.1, -0.05) is 51.8 Å². The van der Waals surface area contributed by atoms with Crippen LogP contribution in [0.15, 0.2) is 24.3 Å². The second kappa shape index (κ2) is 8.98. The van der Waals surface area contributed by atoms with Crippen molar-refractivity contribution in [2.24, 2.45) is 5.73 Å². The van der Waals surface area contributed by atoms with E-state index < -0.39 is 0 Å². The Hall–Kier alpha value is -1.02. The van der Waals surface area contributed by atoms with E-state index in [0.717, 1.165) is 19.5 Å². The first-order chi connectivity index (χ1) is 9.24. The van der Waals surface area contributed by atoms with Crippen molar-refractivity contribution in [3.8, 4) is 0 Å². The summed E-state index contributed by atoms with van der Waals surface area (Å²) in [7, 11) is 0. The van der Waals surface area contributed by atoms with Gasteiger partial charge in [-0.2, -0.15) is 0 Å². The zero-order valence-corrected chi connectivity index (χ0v) is 12.9. The fourth-order valence-corrected chi connectivity index (χ4v) is 2.36. The van der Waals surface area contributed by atoms with Crippen molar-refractivity contribution in [2.75, 3.05) is 18.0 Å². The molecule has 1 atom stereocenters. The molecule has 0 heterocycles. The van der Waals surface area contributed by atoms with Crippen LogP contribution >= 0.6 is 0 Å². The number of hydrogen-bond acceptors (Lipinski definition) is 2. The molecule has 0 aliphatic carbocycles. The van der Waals surface area contributed by atoms with Crippen LogP contribution in [0.4, 0.5) is 5.69 Å². The number of anilines is 1. The van der Waals surface area contributed by atoms with Gasteiger partial charge >= 0.3 is 0 Å². The van der Waals surface area contributed by atoms with E-state index in [9.17, 15) is 0 Å². The Morgan fingerprint density at radius 1 is 1.00 bits per heavy atom. The largest absolute Gasteiger partial charge is 0.371 e. The lowest BCUT2D eigenvalue weighted by atomic mass is 10.0. The molecule has 2 heteroatoms. The summed E-state index contributed by atoms with van der Waals surface area (Å²) >= 11 is 0. The standard InChI is InChI=1S/C17H30N2/c1-4-7-13-19(14-8-5-2)17-12-10-9-11-15(17)16(18)6-3/h9-12,16H,4-8,13-14,18H2,1-3H3. The van der Waals surface area contributed by atoms with Gasteiger partial charge in [0, 0.05) is 24.8 Å². The number of nitrogens with zero attached hydrogens (tertiary/aromatic N) is 1. The number of hydrogen-bond donors (Lipinski definition) is 1. The highest BCUT2D eigenvalue weighted by molar-refractivity contribution is 5.55. The highest BCUT2D eigenvalue weighted by Gasteiger charge is 2.14. The Morgan fingerprint density at radius 3 is 2.11 bits per heavy atom. The third kappa shape index (κ3) is 4.87. The summed E-state index contributed by atoms with van der Waals surface area (Å²) in [5, 5.41) is 0. The normalized spacial score (nSPS) is 12.4. The minimum Gasteiger partial charge on any atom is -0.371 e. The Morgan fingerprint density at radius 2 is 1.58 bits per heavy atom. The van der Waals surface area contributed by atoms with Gasteiger partial charge in [0.05, 0.1) is 0 Å². The van der Waals surface area contributed by atoms with Gasteiger partial charge in [-0.15, -0.1) is 0 Å². The summed E-state index contributed by atoms with van der Waals surface area (Å²) < 4.78 is 0. The second-order valence-corrected chi connectivity index (χ2v) is 5.27. The van der Waals surface area contributed by atoms with Crippen molar-refractivity contribution in [3.63, 3.8) is 0 Å². The maximum atomic E-state index is 6.26. The van der Waals surface area contributed by atoms with E-state index in [4.69, 9.17) is 5.73 Å². The molecule has 2 N–H and O–H groups in total. The topological polar surface area (TPSA) is 29.3 Å². The molecular weight excluding hydrogens is 232 g/mol. The molecule has 2 nitrogen and oxygen atoms in total. The van der Waals surface area contributed by atoms with Crippen LogP contribution < -0.4 is 10.6 Å². The number of nitrogens with two attached hydrogens (primary N) is 1. The van der Waals surface area contributed by atoms with E-state index in [0.29, 0.717) is 0 Å². The van der Waals surface area contributed by atoms with Crippen molar-refractivity contribution < 1.29 is 0 Å². The van der Waals surface area contributed by atoms with Crippen LogP contribution in [-0.4, -0.2) is 13.1 Å². The molecule has 0 spiro atoms. The molecule has 1 aromatic carbocycles. The van der Waals surface area contributed by atoms with E-state index >= 15 is 0 Å². The Balaban J connectivity index is 2.92. The van der Waals surface area contributed by atoms with Crippen LogP contribution in [-0.2, 0) is 0 Å². The van der Waals surface area contributed by atoms with Gasteiger partial charge in [0.15, 0.2) is 0 Å². The van der Waals surface area contributed by atoms with Gasteiger partial charge in [0.25, 0.3) is 0 Å². The molecule has 0 saturated carbocycles. The molecule has 1 rings (SSSR count). The summed E-state index contributed by atoms with van der Waals surface area (Å²) in [6.07, 6.45) is 5.97. The van der Waals surface area contributed by atoms with Gasteiger partial charge in [0.2, 0.25) is 0 Å². The van der Waals surface area contributed by atoms with E-state index in [2.05, 4.69) is 49.9 Å². The zero-order chi connectivity index (χ0) is 14.1. The molecule has 0 amide bonds. The van der Waals surface area contributed by atoms with Crippen molar-refractivity contribution in [1.82, 2.24) is 0 Å². The number of rotatable bonds is 9. The van der Waals surface area contributed by atoms with Crippen LogP contribution in [0.5, 0.6) is 0 Å².